The van der Waals surface area contributed by atoms with Crippen molar-refractivity contribution in [3.05, 3.63) is 89.5 Å². The number of rotatable bonds is 6. The molecular weight excluding hydrogens is 380 g/mol. The van der Waals surface area contributed by atoms with Gasteiger partial charge in [-0.15, -0.1) is 0 Å². The Bertz CT molecular complexity index is 1090. The maximum Gasteiger partial charge on any atom is 0.266 e. The minimum atomic E-state index is -0.373. The molecule has 3 amide bonds. The van der Waals surface area contributed by atoms with E-state index in [1.807, 2.05) is 6.92 Å². The van der Waals surface area contributed by atoms with Crippen molar-refractivity contribution in [1.82, 2.24) is 0 Å². The van der Waals surface area contributed by atoms with Crippen LogP contribution in [0.25, 0.3) is 0 Å². The van der Waals surface area contributed by atoms with Gasteiger partial charge < -0.3 is 10.1 Å². The predicted molar refractivity (Wildman–Crippen MR) is 114 cm³/mol. The number of carbonyl (C=O) groups excluding carboxylic acids is 3. The molecule has 6 heteroatoms. The number of fused-ring (bicyclic) bond motifs is 1. The van der Waals surface area contributed by atoms with E-state index in [1.165, 1.54) is 0 Å². The Labute approximate surface area is 174 Å². The van der Waals surface area contributed by atoms with E-state index >= 15 is 0 Å². The lowest BCUT2D eigenvalue weighted by Crippen LogP contribution is -2.29. The minimum Gasteiger partial charge on any atom is -0.494 e. The van der Waals surface area contributed by atoms with Gasteiger partial charge in [0.2, 0.25) is 0 Å². The first kappa shape index (κ1) is 19.4. The third-order valence-corrected chi connectivity index (χ3v) is 4.75. The average Bonchev–Trinajstić information content (AvgIpc) is 3.03. The van der Waals surface area contributed by atoms with E-state index in [4.69, 9.17) is 4.74 Å². The highest BCUT2D eigenvalue weighted by Crippen LogP contribution is 2.29. The molecule has 6 nitrogen and oxygen atoms in total. The van der Waals surface area contributed by atoms with Crippen LogP contribution in [0.1, 0.15) is 44.4 Å². The lowest BCUT2D eigenvalue weighted by molar-refractivity contribution is 0.0925. The number of nitrogens with zero attached hydrogens (tertiary/aromatic N) is 1. The molecule has 30 heavy (non-hydrogen) atoms. The number of imide groups is 1. The van der Waals surface area contributed by atoms with E-state index < -0.39 is 0 Å². The molecule has 0 fully saturated rings. The van der Waals surface area contributed by atoms with Crippen molar-refractivity contribution in [1.29, 1.82) is 0 Å². The van der Waals surface area contributed by atoms with Crippen LogP contribution in [0.2, 0.25) is 0 Å². The number of benzene rings is 3. The normalized spacial score (nSPS) is 12.6. The summed E-state index contributed by atoms with van der Waals surface area (Å²) in [6.45, 7) is 2.65. The van der Waals surface area contributed by atoms with E-state index in [0.29, 0.717) is 40.4 Å². The number of nitrogens with one attached hydrogen (secondary N) is 1. The number of anilines is 2. The zero-order valence-electron chi connectivity index (χ0n) is 16.4. The molecule has 0 unspecified atom stereocenters. The highest BCUT2D eigenvalue weighted by molar-refractivity contribution is 6.34. The van der Waals surface area contributed by atoms with Crippen molar-refractivity contribution in [3.63, 3.8) is 0 Å². The van der Waals surface area contributed by atoms with Gasteiger partial charge in [-0.2, -0.15) is 0 Å². The Morgan fingerprint density at radius 3 is 2.20 bits per heavy atom. The first-order valence-corrected chi connectivity index (χ1v) is 9.70. The average molecular weight is 400 g/mol. The van der Waals surface area contributed by atoms with E-state index in [9.17, 15) is 14.4 Å². The van der Waals surface area contributed by atoms with E-state index in [0.717, 1.165) is 11.3 Å². The summed E-state index contributed by atoms with van der Waals surface area (Å²) in [5.41, 5.74) is 2.12. The van der Waals surface area contributed by atoms with E-state index in [1.54, 1.807) is 72.8 Å². The van der Waals surface area contributed by atoms with Crippen molar-refractivity contribution >= 4 is 29.1 Å². The third kappa shape index (κ3) is 3.67. The molecule has 3 aromatic carbocycles. The summed E-state index contributed by atoms with van der Waals surface area (Å²) >= 11 is 0. The lowest BCUT2D eigenvalue weighted by Gasteiger charge is -2.15. The van der Waals surface area contributed by atoms with Crippen molar-refractivity contribution in [3.8, 4) is 5.75 Å². The van der Waals surface area contributed by atoms with Crippen molar-refractivity contribution in [2.45, 2.75) is 13.3 Å². The van der Waals surface area contributed by atoms with Crippen molar-refractivity contribution in [2.75, 3.05) is 16.8 Å². The van der Waals surface area contributed by atoms with Gasteiger partial charge in [0.1, 0.15) is 5.75 Å². The number of hydrogen-bond acceptors (Lipinski definition) is 4. The molecule has 0 radical (unpaired) electrons. The van der Waals surface area contributed by atoms with Crippen LogP contribution in [0.3, 0.4) is 0 Å². The van der Waals surface area contributed by atoms with Gasteiger partial charge in [0, 0.05) is 11.3 Å². The number of amides is 3. The first-order valence-electron chi connectivity index (χ1n) is 9.70. The highest BCUT2D eigenvalue weighted by Gasteiger charge is 2.36. The Balaban J connectivity index is 1.51. The standard InChI is InChI=1S/C24H20N2O4/c1-2-14-30-19-12-10-16(11-13-19)22(27)25-17-6-5-7-18(15-17)26-23(28)20-8-3-4-9-21(20)24(26)29/h3-13,15H,2,14H2,1H3,(H,25,27). The molecule has 3 aromatic rings. The van der Waals surface area contributed by atoms with Crippen molar-refractivity contribution < 1.29 is 19.1 Å². The topological polar surface area (TPSA) is 75.7 Å². The zero-order valence-corrected chi connectivity index (χ0v) is 16.4. The molecule has 1 aliphatic heterocycles. The van der Waals surface area contributed by atoms with Gasteiger partial charge in [-0.05, 0) is 61.0 Å². The molecule has 1 heterocycles. The molecule has 0 saturated heterocycles. The van der Waals surface area contributed by atoms with Gasteiger partial charge in [0.25, 0.3) is 17.7 Å². The maximum absolute atomic E-state index is 12.7. The van der Waals surface area contributed by atoms with Crippen LogP contribution >= 0.6 is 0 Å². The van der Waals surface area contributed by atoms with Gasteiger partial charge in [-0.1, -0.05) is 25.1 Å². The maximum atomic E-state index is 12.7. The Hall–Kier alpha value is -3.93. The zero-order chi connectivity index (χ0) is 21.1. The second-order valence-corrected chi connectivity index (χ2v) is 6.87. The summed E-state index contributed by atoms with van der Waals surface area (Å²) < 4.78 is 5.53. The smallest absolute Gasteiger partial charge is 0.266 e. The molecule has 0 atom stereocenters. The fourth-order valence-electron chi connectivity index (χ4n) is 3.27. The molecule has 0 saturated carbocycles. The molecular formula is C24H20N2O4. The molecule has 0 aliphatic carbocycles. The predicted octanol–water partition coefficient (Wildman–Crippen LogP) is 4.53. The minimum absolute atomic E-state index is 0.295. The molecule has 4 rings (SSSR count). The quantitative estimate of drug-likeness (QED) is 0.617. The highest BCUT2D eigenvalue weighted by atomic mass is 16.5. The summed E-state index contributed by atoms with van der Waals surface area (Å²) in [6, 6.07) is 20.3. The second kappa shape index (κ2) is 8.21. The third-order valence-electron chi connectivity index (χ3n) is 4.75. The molecule has 150 valence electrons. The van der Waals surface area contributed by atoms with Crippen LogP contribution in [-0.2, 0) is 0 Å². The summed E-state index contributed by atoms with van der Waals surface area (Å²) in [4.78, 5) is 39.1. The summed E-state index contributed by atoms with van der Waals surface area (Å²) in [5.74, 6) is -0.332. The molecule has 1 aliphatic rings. The SMILES string of the molecule is CCCOc1ccc(C(=O)Nc2cccc(N3C(=O)c4ccccc4C3=O)c2)cc1. The van der Waals surface area contributed by atoms with Gasteiger partial charge >= 0.3 is 0 Å². The molecule has 0 spiro atoms. The van der Waals surface area contributed by atoms with Crippen LogP contribution in [0.5, 0.6) is 5.75 Å². The van der Waals surface area contributed by atoms with Gasteiger partial charge in [0.05, 0.1) is 23.4 Å². The van der Waals surface area contributed by atoms with Crippen LogP contribution < -0.4 is 15.0 Å². The summed E-state index contributed by atoms with van der Waals surface area (Å²) in [5, 5.41) is 2.81. The van der Waals surface area contributed by atoms with E-state index in [-0.39, 0.29) is 17.7 Å². The van der Waals surface area contributed by atoms with Crippen LogP contribution in [0.4, 0.5) is 11.4 Å². The molecule has 1 N–H and O–H groups in total. The largest absolute Gasteiger partial charge is 0.494 e. The van der Waals surface area contributed by atoms with Crippen LogP contribution in [0, 0.1) is 0 Å². The van der Waals surface area contributed by atoms with Gasteiger partial charge in [0.15, 0.2) is 0 Å². The number of hydrogen-bond donors (Lipinski definition) is 1. The van der Waals surface area contributed by atoms with E-state index in [2.05, 4.69) is 5.32 Å². The van der Waals surface area contributed by atoms with Crippen LogP contribution in [-0.4, -0.2) is 24.3 Å². The van der Waals surface area contributed by atoms with Gasteiger partial charge in [-0.3, -0.25) is 14.4 Å². The fourth-order valence-corrected chi connectivity index (χ4v) is 3.27. The molecule has 0 aromatic heterocycles. The lowest BCUT2D eigenvalue weighted by atomic mass is 10.1. The monoisotopic (exact) mass is 400 g/mol. The van der Waals surface area contributed by atoms with Crippen LogP contribution in [0.15, 0.2) is 72.8 Å². The first-order chi connectivity index (χ1) is 14.6. The molecule has 0 bridgehead atoms. The van der Waals surface area contributed by atoms with Gasteiger partial charge in [-0.25, -0.2) is 4.90 Å². The number of ether oxygens (including phenoxy) is 1. The summed E-state index contributed by atoms with van der Waals surface area (Å²) in [6.07, 6.45) is 0.908. The summed E-state index contributed by atoms with van der Waals surface area (Å²) in [7, 11) is 0. The Morgan fingerprint density at radius 2 is 1.57 bits per heavy atom. The van der Waals surface area contributed by atoms with Crippen molar-refractivity contribution in [2.24, 2.45) is 0 Å². The Morgan fingerprint density at radius 1 is 0.900 bits per heavy atom. The Kier molecular flexibility index (Phi) is 5.30. The fraction of sp³-hybridized carbons (Fsp3) is 0.125. The second-order valence-electron chi connectivity index (χ2n) is 6.87. The number of carbonyl (C=O) groups is 3.